The van der Waals surface area contributed by atoms with Gasteiger partial charge in [0.1, 0.15) is 5.82 Å². The number of fused-ring (bicyclic) bond motifs is 1. The maximum absolute atomic E-state index is 13.6. The van der Waals surface area contributed by atoms with Gasteiger partial charge < -0.3 is 0 Å². The molecule has 2 fully saturated rings. The first kappa shape index (κ1) is 15.7. The standard InChI is InChI=1S/C12H17F3N4O2S/c1-8-16-10(18-17-8)6-19-5-9-11(7-19,12(13,14)15)3-2-4-22(9,20)21/h9H,2-7H2,1H3,(H,16,17,18)/t9-,11-/m1/s1. The van der Waals surface area contributed by atoms with Crippen LogP contribution in [0.15, 0.2) is 0 Å². The lowest BCUT2D eigenvalue weighted by Gasteiger charge is -2.39. The number of alkyl halides is 3. The van der Waals surface area contributed by atoms with Crippen LogP contribution in [0, 0.1) is 12.3 Å². The average molecular weight is 338 g/mol. The number of rotatable bonds is 2. The van der Waals surface area contributed by atoms with Gasteiger partial charge in [-0.3, -0.25) is 10.00 Å². The third-order valence-corrected chi connectivity index (χ3v) is 6.93. The summed E-state index contributed by atoms with van der Waals surface area (Å²) in [5, 5.41) is 5.16. The normalized spacial score (nSPS) is 32.1. The molecule has 0 bridgehead atoms. The molecule has 2 aliphatic heterocycles. The maximum atomic E-state index is 13.6. The van der Waals surface area contributed by atoms with Gasteiger partial charge in [0.25, 0.3) is 0 Å². The van der Waals surface area contributed by atoms with Gasteiger partial charge in [-0.1, -0.05) is 0 Å². The number of aromatic amines is 1. The molecule has 2 saturated heterocycles. The Morgan fingerprint density at radius 3 is 2.73 bits per heavy atom. The lowest BCUT2D eigenvalue weighted by atomic mass is 9.81. The van der Waals surface area contributed by atoms with E-state index in [0.717, 1.165) is 0 Å². The molecule has 3 heterocycles. The van der Waals surface area contributed by atoms with Crippen LogP contribution in [-0.4, -0.2) is 58.8 Å². The molecule has 2 aliphatic rings. The second-order valence-electron chi connectivity index (χ2n) is 6.12. The first-order chi connectivity index (χ1) is 10.1. The van der Waals surface area contributed by atoms with Gasteiger partial charge in [0, 0.05) is 13.1 Å². The van der Waals surface area contributed by atoms with Crippen molar-refractivity contribution in [3.8, 4) is 0 Å². The van der Waals surface area contributed by atoms with Crippen LogP contribution in [0.25, 0.3) is 0 Å². The molecular weight excluding hydrogens is 321 g/mol. The van der Waals surface area contributed by atoms with E-state index in [1.165, 1.54) is 4.90 Å². The highest BCUT2D eigenvalue weighted by Crippen LogP contribution is 2.53. The molecule has 0 saturated carbocycles. The quantitative estimate of drug-likeness (QED) is 0.872. The summed E-state index contributed by atoms with van der Waals surface area (Å²) < 4.78 is 65.2. The number of H-pyrrole nitrogens is 1. The minimum atomic E-state index is -4.53. The van der Waals surface area contributed by atoms with Crippen molar-refractivity contribution in [2.24, 2.45) is 5.41 Å². The predicted octanol–water partition coefficient (Wildman–Crippen LogP) is 1.05. The number of halogens is 3. The first-order valence-electron chi connectivity index (χ1n) is 7.03. The largest absolute Gasteiger partial charge is 0.397 e. The van der Waals surface area contributed by atoms with Crippen molar-refractivity contribution in [3.05, 3.63) is 11.6 Å². The number of likely N-dealkylation sites (tertiary alicyclic amines) is 1. The van der Waals surface area contributed by atoms with Crippen molar-refractivity contribution in [2.75, 3.05) is 18.8 Å². The third-order valence-electron chi connectivity index (χ3n) is 4.60. The molecule has 1 aromatic rings. The number of nitrogens with zero attached hydrogens (tertiary/aromatic N) is 3. The highest BCUT2D eigenvalue weighted by Gasteiger charge is 2.67. The molecule has 6 nitrogen and oxygen atoms in total. The van der Waals surface area contributed by atoms with Crippen molar-refractivity contribution in [2.45, 2.75) is 37.7 Å². The molecule has 22 heavy (non-hydrogen) atoms. The van der Waals surface area contributed by atoms with Crippen LogP contribution in [0.3, 0.4) is 0 Å². The summed E-state index contributed by atoms with van der Waals surface area (Å²) in [6, 6.07) is 0. The number of nitrogens with one attached hydrogen (secondary N) is 1. The lowest BCUT2D eigenvalue weighted by molar-refractivity contribution is -0.221. The summed E-state index contributed by atoms with van der Waals surface area (Å²) in [4.78, 5) is 5.58. The van der Waals surface area contributed by atoms with Gasteiger partial charge >= 0.3 is 6.18 Å². The summed E-state index contributed by atoms with van der Waals surface area (Å²) in [5.41, 5.74) is -2.16. The summed E-state index contributed by atoms with van der Waals surface area (Å²) in [5.74, 6) is 0.791. The Kier molecular flexibility index (Phi) is 3.52. The molecule has 0 aromatic carbocycles. The predicted molar refractivity (Wildman–Crippen MR) is 71.7 cm³/mol. The topological polar surface area (TPSA) is 79.0 Å². The summed E-state index contributed by atoms with van der Waals surface area (Å²) in [6.07, 6.45) is -4.61. The summed E-state index contributed by atoms with van der Waals surface area (Å²) in [7, 11) is -3.73. The highest BCUT2D eigenvalue weighted by atomic mass is 32.2. The molecule has 1 N–H and O–H groups in total. The molecular formula is C12H17F3N4O2S. The zero-order valence-corrected chi connectivity index (χ0v) is 12.8. The van der Waals surface area contributed by atoms with Crippen LogP contribution in [0.2, 0.25) is 0 Å². The van der Waals surface area contributed by atoms with E-state index in [0.29, 0.717) is 11.6 Å². The van der Waals surface area contributed by atoms with Crippen LogP contribution < -0.4 is 0 Å². The number of sulfone groups is 1. The van der Waals surface area contributed by atoms with Crippen LogP contribution in [0.4, 0.5) is 13.2 Å². The van der Waals surface area contributed by atoms with E-state index < -0.39 is 26.7 Å². The van der Waals surface area contributed by atoms with Crippen molar-refractivity contribution < 1.29 is 21.6 Å². The van der Waals surface area contributed by atoms with Gasteiger partial charge in [-0.25, -0.2) is 13.4 Å². The molecule has 0 aliphatic carbocycles. The SMILES string of the molecule is Cc1nc(CN2C[C@@H]3[C@@](C(F)(F)F)(CCCS3(=O)=O)C2)n[nH]1. The fraction of sp³-hybridized carbons (Fsp3) is 0.833. The van der Waals surface area contributed by atoms with Crippen LogP contribution >= 0.6 is 0 Å². The van der Waals surface area contributed by atoms with Crippen molar-refractivity contribution in [1.82, 2.24) is 20.1 Å². The molecule has 0 unspecified atom stereocenters. The highest BCUT2D eigenvalue weighted by molar-refractivity contribution is 7.92. The summed E-state index contributed by atoms with van der Waals surface area (Å²) >= 11 is 0. The number of aromatic nitrogens is 3. The number of hydrogen-bond acceptors (Lipinski definition) is 5. The van der Waals surface area contributed by atoms with Crippen LogP contribution in [0.1, 0.15) is 24.5 Å². The molecule has 10 heteroatoms. The van der Waals surface area contributed by atoms with Crippen LogP contribution in [0.5, 0.6) is 0 Å². The van der Waals surface area contributed by atoms with E-state index in [1.807, 2.05) is 0 Å². The number of hydrogen-bond donors (Lipinski definition) is 1. The van der Waals surface area contributed by atoms with E-state index in [-0.39, 0.29) is 38.2 Å². The van der Waals surface area contributed by atoms with Gasteiger partial charge in [0.2, 0.25) is 0 Å². The molecule has 0 radical (unpaired) electrons. The minimum Gasteiger partial charge on any atom is -0.294 e. The average Bonchev–Trinajstić information content (AvgIpc) is 2.94. The Bertz CT molecular complexity index is 672. The Balaban J connectivity index is 1.90. The Hall–Kier alpha value is -1.16. The molecule has 1 aromatic heterocycles. The smallest absolute Gasteiger partial charge is 0.294 e. The minimum absolute atomic E-state index is 0.0615. The molecule has 0 amide bonds. The zero-order chi connectivity index (χ0) is 16.2. The van der Waals surface area contributed by atoms with E-state index >= 15 is 0 Å². The van der Waals surface area contributed by atoms with Gasteiger partial charge in [-0.05, 0) is 19.8 Å². The monoisotopic (exact) mass is 338 g/mol. The summed E-state index contributed by atoms with van der Waals surface area (Å²) in [6.45, 7) is 1.39. The molecule has 3 rings (SSSR count). The van der Waals surface area contributed by atoms with Gasteiger partial charge in [0.15, 0.2) is 15.7 Å². The lowest BCUT2D eigenvalue weighted by Crippen LogP contribution is -2.53. The fourth-order valence-electron chi connectivity index (χ4n) is 3.60. The van der Waals surface area contributed by atoms with E-state index in [1.54, 1.807) is 6.92 Å². The Labute approximate surface area is 126 Å². The first-order valence-corrected chi connectivity index (χ1v) is 8.74. The van der Waals surface area contributed by atoms with Gasteiger partial charge in [-0.15, -0.1) is 0 Å². The molecule has 0 spiro atoms. The second kappa shape index (κ2) is 4.92. The van der Waals surface area contributed by atoms with Crippen molar-refractivity contribution >= 4 is 9.84 Å². The van der Waals surface area contributed by atoms with E-state index in [2.05, 4.69) is 15.2 Å². The second-order valence-corrected chi connectivity index (χ2v) is 8.42. The number of aryl methyl sites for hydroxylation is 1. The van der Waals surface area contributed by atoms with E-state index in [4.69, 9.17) is 0 Å². The Morgan fingerprint density at radius 1 is 1.45 bits per heavy atom. The maximum Gasteiger partial charge on any atom is 0.397 e. The molecule has 2 atom stereocenters. The van der Waals surface area contributed by atoms with Gasteiger partial charge in [0.05, 0.1) is 23.0 Å². The van der Waals surface area contributed by atoms with Crippen molar-refractivity contribution in [1.29, 1.82) is 0 Å². The van der Waals surface area contributed by atoms with Crippen molar-refractivity contribution in [3.63, 3.8) is 0 Å². The third kappa shape index (κ3) is 2.41. The molecule has 124 valence electrons. The fourth-order valence-corrected chi connectivity index (χ4v) is 5.88. The van der Waals surface area contributed by atoms with Crippen LogP contribution in [-0.2, 0) is 16.4 Å². The van der Waals surface area contributed by atoms with E-state index in [9.17, 15) is 21.6 Å². The van der Waals surface area contributed by atoms with Gasteiger partial charge in [-0.2, -0.15) is 18.3 Å². The Morgan fingerprint density at radius 2 is 2.18 bits per heavy atom. The zero-order valence-electron chi connectivity index (χ0n) is 12.0.